The second kappa shape index (κ2) is 6.88. The molecule has 0 heterocycles. The molecule has 0 aliphatic rings. The Morgan fingerprint density at radius 3 is 2.67 bits per heavy atom. The molecule has 3 N–H and O–H groups in total. The van der Waals surface area contributed by atoms with E-state index >= 15 is 0 Å². The number of halogens is 3. The molecule has 0 unspecified atom stereocenters. The number of thiocarbonyl (C=S) groups is 1. The third-order valence-corrected chi connectivity index (χ3v) is 2.49. The average Bonchev–Trinajstić information content (AvgIpc) is 2.41. The van der Waals surface area contributed by atoms with Gasteiger partial charge in [0.15, 0.2) is 5.11 Å². The summed E-state index contributed by atoms with van der Waals surface area (Å²) < 4.78 is 37.6. The van der Waals surface area contributed by atoms with Crippen LogP contribution in [0.25, 0.3) is 0 Å². The highest BCUT2D eigenvalue weighted by Crippen LogP contribution is 2.34. The number of rotatable bonds is 5. The van der Waals surface area contributed by atoms with Crippen molar-refractivity contribution in [3.05, 3.63) is 46.5 Å². The van der Waals surface area contributed by atoms with E-state index in [2.05, 4.69) is 22.7 Å². The maximum absolute atomic E-state index is 12.5. The Labute approximate surface area is 123 Å². The Kier molecular flexibility index (Phi) is 5.47. The quantitative estimate of drug-likeness (QED) is 0.335. The molecule has 0 saturated heterocycles. The molecule has 1 rings (SSSR count). The Morgan fingerprint density at radius 1 is 1.48 bits per heavy atom. The topological polar surface area (TPSA) is 79.2 Å². The number of nitrogens with zero attached hydrogens (tertiary/aromatic N) is 1. The monoisotopic (exact) mass is 320 g/mol. The fourth-order valence-electron chi connectivity index (χ4n) is 1.30. The van der Waals surface area contributed by atoms with Crippen LogP contribution in [-0.2, 0) is 6.18 Å². The summed E-state index contributed by atoms with van der Waals surface area (Å²) in [5, 5.41) is 13.6. The van der Waals surface area contributed by atoms with Gasteiger partial charge in [-0.25, -0.2) is 0 Å². The number of hydrazine groups is 1. The summed E-state index contributed by atoms with van der Waals surface area (Å²) in [4.78, 5) is 9.91. The minimum absolute atomic E-state index is 0.115. The number of alkyl halides is 3. The maximum atomic E-state index is 12.5. The Balaban J connectivity index is 2.90. The van der Waals surface area contributed by atoms with Gasteiger partial charge in [0.25, 0.3) is 5.69 Å². The highest BCUT2D eigenvalue weighted by Gasteiger charge is 2.33. The van der Waals surface area contributed by atoms with Gasteiger partial charge in [-0.2, -0.15) is 13.2 Å². The molecular formula is C11H11F3N4O2S. The average molecular weight is 320 g/mol. The lowest BCUT2D eigenvalue weighted by Gasteiger charge is -2.13. The summed E-state index contributed by atoms with van der Waals surface area (Å²) in [6, 6.07) is 2.13. The molecule has 0 saturated carbocycles. The van der Waals surface area contributed by atoms with Gasteiger partial charge in [-0.3, -0.25) is 21.0 Å². The van der Waals surface area contributed by atoms with Crippen molar-refractivity contribution in [3.8, 4) is 0 Å². The zero-order chi connectivity index (χ0) is 16.0. The second-order valence-electron chi connectivity index (χ2n) is 3.74. The molecule has 6 nitrogen and oxygen atoms in total. The molecule has 0 aliphatic heterocycles. The highest BCUT2D eigenvalue weighted by atomic mass is 32.1. The molecule has 0 amide bonds. The predicted octanol–water partition coefficient (Wildman–Crippen LogP) is 2.59. The minimum atomic E-state index is -4.66. The number of nitro groups is 1. The van der Waals surface area contributed by atoms with Gasteiger partial charge < -0.3 is 5.32 Å². The standard InChI is InChI=1S/C11H11F3N4O2S/c1-2-5-15-10(21)17-16-8-4-3-7(11(12,13)14)6-9(8)18(19)20/h2-4,6,16H,1,5H2,(H2,15,17,21). The van der Waals surface area contributed by atoms with Crippen LogP contribution < -0.4 is 16.2 Å². The van der Waals surface area contributed by atoms with Crippen LogP contribution in [0.15, 0.2) is 30.9 Å². The summed E-state index contributed by atoms with van der Waals surface area (Å²) in [6.45, 7) is 3.82. The molecular weight excluding hydrogens is 309 g/mol. The fraction of sp³-hybridized carbons (Fsp3) is 0.182. The van der Waals surface area contributed by atoms with Gasteiger partial charge in [-0.1, -0.05) is 6.08 Å². The number of hydrogen-bond acceptors (Lipinski definition) is 4. The Bertz CT molecular complexity index is 563. The van der Waals surface area contributed by atoms with Crippen molar-refractivity contribution in [2.75, 3.05) is 12.0 Å². The highest BCUT2D eigenvalue weighted by molar-refractivity contribution is 7.80. The van der Waals surface area contributed by atoms with E-state index in [0.29, 0.717) is 12.6 Å². The van der Waals surface area contributed by atoms with Crippen LogP contribution in [0, 0.1) is 10.1 Å². The molecule has 0 fully saturated rings. The normalized spacial score (nSPS) is 10.6. The lowest BCUT2D eigenvalue weighted by molar-refractivity contribution is -0.384. The molecule has 10 heteroatoms. The van der Waals surface area contributed by atoms with Crippen molar-refractivity contribution in [2.24, 2.45) is 0 Å². The van der Waals surface area contributed by atoms with E-state index in [1.807, 2.05) is 0 Å². The van der Waals surface area contributed by atoms with E-state index in [4.69, 9.17) is 12.2 Å². The number of hydrogen-bond donors (Lipinski definition) is 3. The predicted molar refractivity (Wildman–Crippen MR) is 75.7 cm³/mol. The van der Waals surface area contributed by atoms with Crippen molar-refractivity contribution < 1.29 is 18.1 Å². The summed E-state index contributed by atoms with van der Waals surface area (Å²) in [7, 11) is 0. The van der Waals surface area contributed by atoms with Gasteiger partial charge in [-0.15, -0.1) is 6.58 Å². The largest absolute Gasteiger partial charge is 0.416 e. The van der Waals surface area contributed by atoms with E-state index in [1.54, 1.807) is 0 Å². The van der Waals surface area contributed by atoms with Crippen molar-refractivity contribution in [2.45, 2.75) is 6.18 Å². The molecule has 0 aromatic heterocycles. The summed E-state index contributed by atoms with van der Waals surface area (Å²) >= 11 is 4.83. The third kappa shape index (κ3) is 4.91. The zero-order valence-electron chi connectivity index (χ0n) is 10.5. The number of benzene rings is 1. The van der Waals surface area contributed by atoms with E-state index < -0.39 is 22.4 Å². The molecule has 21 heavy (non-hydrogen) atoms. The molecule has 0 spiro atoms. The van der Waals surface area contributed by atoms with Crippen molar-refractivity contribution in [1.29, 1.82) is 0 Å². The van der Waals surface area contributed by atoms with Crippen LogP contribution in [-0.4, -0.2) is 16.6 Å². The fourth-order valence-corrected chi connectivity index (χ4v) is 1.43. The van der Waals surface area contributed by atoms with Crippen LogP contribution in [0.3, 0.4) is 0 Å². The second-order valence-corrected chi connectivity index (χ2v) is 4.14. The lowest BCUT2D eigenvalue weighted by atomic mass is 10.1. The van der Waals surface area contributed by atoms with Crippen LogP contribution >= 0.6 is 12.2 Å². The first-order valence-electron chi connectivity index (χ1n) is 5.52. The SMILES string of the molecule is C=CCNC(=S)NNc1ccc(C(F)(F)F)cc1[N+](=O)[O-]. The minimum Gasteiger partial charge on any atom is -0.358 e. The van der Waals surface area contributed by atoms with Gasteiger partial charge in [0, 0.05) is 12.6 Å². The van der Waals surface area contributed by atoms with Gasteiger partial charge in [0.05, 0.1) is 10.5 Å². The van der Waals surface area contributed by atoms with Crippen molar-refractivity contribution in [1.82, 2.24) is 10.7 Å². The first-order chi connectivity index (χ1) is 9.75. The molecule has 1 aromatic carbocycles. The maximum Gasteiger partial charge on any atom is 0.416 e. The van der Waals surface area contributed by atoms with Gasteiger partial charge >= 0.3 is 6.18 Å². The molecule has 114 valence electrons. The molecule has 0 atom stereocenters. The summed E-state index contributed by atoms with van der Waals surface area (Å²) in [5.74, 6) is 0. The van der Waals surface area contributed by atoms with Crippen LogP contribution in [0.2, 0.25) is 0 Å². The lowest BCUT2D eigenvalue weighted by Crippen LogP contribution is -2.38. The summed E-state index contributed by atoms with van der Waals surface area (Å²) in [5.41, 5.74) is 2.84. The molecule has 0 bridgehead atoms. The summed E-state index contributed by atoms with van der Waals surface area (Å²) in [6.07, 6.45) is -3.12. The van der Waals surface area contributed by atoms with Crippen molar-refractivity contribution >= 4 is 28.7 Å². The molecule has 0 radical (unpaired) electrons. The van der Waals surface area contributed by atoms with Gasteiger partial charge in [0.1, 0.15) is 5.69 Å². The van der Waals surface area contributed by atoms with Crippen LogP contribution in [0.4, 0.5) is 24.5 Å². The zero-order valence-corrected chi connectivity index (χ0v) is 11.3. The van der Waals surface area contributed by atoms with Gasteiger partial charge in [0.2, 0.25) is 0 Å². The molecule has 1 aromatic rings. The number of anilines is 1. The van der Waals surface area contributed by atoms with E-state index in [-0.39, 0.29) is 10.8 Å². The number of nitrogens with one attached hydrogen (secondary N) is 3. The number of nitro benzene ring substituents is 1. The van der Waals surface area contributed by atoms with Crippen LogP contribution in [0.1, 0.15) is 5.56 Å². The van der Waals surface area contributed by atoms with Gasteiger partial charge in [-0.05, 0) is 24.4 Å². The van der Waals surface area contributed by atoms with Crippen molar-refractivity contribution in [3.63, 3.8) is 0 Å². The van der Waals surface area contributed by atoms with E-state index in [1.165, 1.54) is 6.08 Å². The van der Waals surface area contributed by atoms with E-state index in [9.17, 15) is 23.3 Å². The third-order valence-electron chi connectivity index (χ3n) is 2.24. The van der Waals surface area contributed by atoms with Crippen LogP contribution in [0.5, 0.6) is 0 Å². The Morgan fingerprint density at radius 2 is 2.14 bits per heavy atom. The Hall–Kier alpha value is -2.36. The first-order valence-corrected chi connectivity index (χ1v) is 5.93. The smallest absolute Gasteiger partial charge is 0.358 e. The molecule has 0 aliphatic carbocycles. The first kappa shape index (κ1) is 16.7. The van der Waals surface area contributed by atoms with E-state index in [0.717, 1.165) is 12.1 Å².